The Kier molecular flexibility index (Phi) is 17.5. The molecule has 54 heavy (non-hydrogen) atoms. The van der Waals surface area contributed by atoms with E-state index in [2.05, 4.69) is 50.2 Å². The van der Waals surface area contributed by atoms with Gasteiger partial charge < -0.3 is 42.4 Å². The van der Waals surface area contributed by atoms with Gasteiger partial charge in [-0.3, -0.25) is 4.79 Å². The van der Waals surface area contributed by atoms with Crippen molar-refractivity contribution in [1.82, 2.24) is 19.9 Å². The predicted molar refractivity (Wildman–Crippen MR) is 207 cm³/mol. The average molecular weight is 751 g/mol. The van der Waals surface area contributed by atoms with Crippen LogP contribution in [-0.2, 0) is 19.4 Å². The summed E-state index contributed by atoms with van der Waals surface area (Å²) in [6.45, 7) is 0.882. The summed E-state index contributed by atoms with van der Waals surface area (Å²) in [4.78, 5) is 28.7. The number of para-hydroxylation sites is 2. The number of hydrogen-bond donors (Lipinski definition) is 2. The third-order valence-electron chi connectivity index (χ3n) is 8.17. The van der Waals surface area contributed by atoms with Crippen LogP contribution in [0.2, 0.25) is 0 Å². The van der Waals surface area contributed by atoms with Crippen molar-refractivity contribution >= 4 is 6.29 Å². The largest absolute Gasteiger partial charge is 1.00 e. The van der Waals surface area contributed by atoms with E-state index in [-0.39, 0.29) is 12.4 Å². The van der Waals surface area contributed by atoms with E-state index in [0.29, 0.717) is 17.7 Å². The lowest BCUT2D eigenvalue weighted by atomic mass is 10.0. The van der Waals surface area contributed by atoms with Crippen molar-refractivity contribution in [2.75, 3.05) is 42.5 Å². The molecule has 0 aliphatic heterocycles. The molecule has 0 fully saturated rings. The average Bonchev–Trinajstić information content (AvgIpc) is 3.22. The van der Waals surface area contributed by atoms with Crippen molar-refractivity contribution in [2.24, 2.45) is 5.73 Å². The molecule has 2 heterocycles. The molecule has 6 rings (SSSR count). The summed E-state index contributed by atoms with van der Waals surface area (Å²) >= 11 is 0. The number of nitrogens with two attached hydrogens (primary N) is 2. The second-order valence-corrected chi connectivity index (χ2v) is 11.5. The fourth-order valence-corrected chi connectivity index (χ4v) is 5.72. The highest BCUT2D eigenvalue weighted by molar-refractivity contribution is 5.79. The quantitative estimate of drug-likeness (QED) is 0.169. The molecule has 0 saturated heterocycles. The lowest BCUT2D eigenvalue weighted by molar-refractivity contribution is -0.643. The summed E-state index contributed by atoms with van der Waals surface area (Å²) in [6, 6.07) is 31.4. The monoisotopic (exact) mass is 750 g/mol. The van der Waals surface area contributed by atoms with Crippen LogP contribution in [0.1, 0.15) is 38.4 Å². The van der Waals surface area contributed by atoms with Gasteiger partial charge in [0.25, 0.3) is 0 Å². The van der Waals surface area contributed by atoms with Crippen LogP contribution in [0.3, 0.4) is 0 Å². The molecule has 0 aliphatic carbocycles. The fraction of sp³-hybridized carbons (Fsp3) is 0.214. The molecule has 4 N–H and O–H groups in total. The van der Waals surface area contributed by atoms with Gasteiger partial charge in [-0.05, 0) is 78.8 Å². The first-order valence-electron chi connectivity index (χ1n) is 17.0. The third kappa shape index (κ3) is 11.3. The number of carbonyl (C=O) groups excluding carboxylic acids is 1. The highest BCUT2D eigenvalue weighted by Crippen LogP contribution is 2.30. The Labute approximate surface area is 323 Å². The zero-order chi connectivity index (χ0) is 38.0. The molecule has 4 aromatic carbocycles. The number of aldehydes is 1. The summed E-state index contributed by atoms with van der Waals surface area (Å²) < 4.78 is 21.5. The summed E-state index contributed by atoms with van der Waals surface area (Å²) in [7, 11) is 10.1. The van der Waals surface area contributed by atoms with Gasteiger partial charge in [-0.1, -0.05) is 36.4 Å². The molecule has 2 aromatic heterocycles. The lowest BCUT2D eigenvalue weighted by Gasteiger charge is -2.10. The second kappa shape index (κ2) is 22.2. The van der Waals surface area contributed by atoms with Gasteiger partial charge in [0.05, 0.1) is 52.4 Å². The van der Waals surface area contributed by atoms with Crippen LogP contribution < -0.4 is 42.4 Å². The maximum atomic E-state index is 11.2. The van der Waals surface area contributed by atoms with Gasteiger partial charge in [0.2, 0.25) is 0 Å². The minimum atomic E-state index is 0. The number of rotatable bonds is 13. The summed E-state index contributed by atoms with van der Waals surface area (Å²) in [6.07, 6.45) is 5.28. The van der Waals surface area contributed by atoms with Crippen LogP contribution in [0.5, 0.6) is 23.0 Å². The topological polar surface area (TPSA) is 148 Å². The summed E-state index contributed by atoms with van der Waals surface area (Å²) in [5.41, 5.74) is 13.8. The standard InChI is InChI=1S/C21H23N3O2.C20H18N2O3.CH5N.ClH/c1-22-13-16-10-15(8-9-20(16)25-2)11-17-12-19(24-14-23-17)18-6-4-5-7-21(18)26-3;1-24-19-8-7-14(9-15(19)12-23)10-16-11-18(22-13-21-16)17-5-3-4-6-20(17)25-2;1-2;/h4-10,12,14,22H,11,13H2,1-3H3;3-9,11-13H,10H2,1-2H3;2H2,1H3;1H. The van der Waals surface area contributed by atoms with Crippen molar-refractivity contribution in [3.63, 3.8) is 0 Å². The molecule has 0 unspecified atom stereocenters. The van der Waals surface area contributed by atoms with E-state index in [1.807, 2.05) is 78.9 Å². The minimum Gasteiger partial charge on any atom is -1.00 e. The molecule has 0 spiro atoms. The van der Waals surface area contributed by atoms with Gasteiger partial charge >= 0.3 is 0 Å². The summed E-state index contributed by atoms with van der Waals surface area (Å²) in [5.74, 6) is 3.06. The van der Waals surface area contributed by atoms with Gasteiger partial charge in [0.1, 0.15) is 42.2 Å². The van der Waals surface area contributed by atoms with Crippen LogP contribution in [0.15, 0.2) is 110 Å². The van der Waals surface area contributed by atoms with Gasteiger partial charge in [-0.2, -0.15) is 0 Å². The molecule has 282 valence electrons. The number of ether oxygens (including phenoxy) is 4. The van der Waals surface area contributed by atoms with Gasteiger partial charge in [-0.25, -0.2) is 19.9 Å². The maximum Gasteiger partial charge on any atom is 0.153 e. The zero-order valence-electron chi connectivity index (χ0n) is 31.5. The number of halogens is 1. The SMILES string of the molecule is CN.COc1ccc(Cc2cc(-c3ccccc3OC)ncn2)cc1C=O.C[NH2+]Cc1cc(Cc2cc(-c3ccccc3OC)ncn2)ccc1OC.[Cl-]. The van der Waals surface area contributed by atoms with E-state index in [1.165, 1.54) is 18.2 Å². The van der Waals surface area contributed by atoms with Crippen molar-refractivity contribution in [2.45, 2.75) is 19.4 Å². The Morgan fingerprint density at radius 2 is 1.06 bits per heavy atom. The van der Waals surface area contributed by atoms with Crippen LogP contribution in [0.4, 0.5) is 0 Å². The molecule has 0 aliphatic rings. The van der Waals surface area contributed by atoms with E-state index in [1.54, 1.807) is 47.2 Å². The van der Waals surface area contributed by atoms with Crippen LogP contribution in [0.25, 0.3) is 22.5 Å². The Balaban J connectivity index is 0.000000273. The smallest absolute Gasteiger partial charge is 0.153 e. The number of hydrogen-bond acceptors (Lipinski definition) is 10. The normalized spacial score (nSPS) is 9.98. The Hall–Kier alpha value is -5.88. The van der Waals surface area contributed by atoms with Crippen molar-refractivity contribution in [3.8, 4) is 45.5 Å². The molecule has 0 saturated carbocycles. The number of carbonyl (C=O) groups is 1. The second-order valence-electron chi connectivity index (χ2n) is 11.5. The Morgan fingerprint density at radius 3 is 1.52 bits per heavy atom. The molecule has 0 atom stereocenters. The molecule has 11 nitrogen and oxygen atoms in total. The molecular formula is C42H47ClN6O5. The van der Waals surface area contributed by atoms with E-state index in [4.69, 9.17) is 18.9 Å². The number of benzene rings is 4. The molecule has 0 amide bonds. The predicted octanol–water partition coefficient (Wildman–Crippen LogP) is 2.59. The number of quaternary nitrogens is 1. The van der Waals surface area contributed by atoms with Crippen LogP contribution in [-0.4, -0.2) is 68.8 Å². The first kappa shape index (κ1) is 42.5. The van der Waals surface area contributed by atoms with Crippen LogP contribution in [0, 0.1) is 0 Å². The van der Waals surface area contributed by atoms with Crippen molar-refractivity contribution < 1.29 is 41.5 Å². The van der Waals surface area contributed by atoms with E-state index in [9.17, 15) is 4.79 Å². The summed E-state index contributed by atoms with van der Waals surface area (Å²) in [5, 5.41) is 2.13. The molecule has 12 heteroatoms. The van der Waals surface area contributed by atoms with Gasteiger partial charge in [-0.15, -0.1) is 0 Å². The number of nitrogens with zero attached hydrogens (tertiary/aromatic N) is 4. The van der Waals surface area contributed by atoms with E-state index < -0.39 is 0 Å². The van der Waals surface area contributed by atoms with Crippen molar-refractivity contribution in [3.05, 3.63) is 143 Å². The lowest BCUT2D eigenvalue weighted by Crippen LogP contribution is -3.00. The minimum absolute atomic E-state index is 0. The Morgan fingerprint density at radius 1 is 0.593 bits per heavy atom. The number of aromatic nitrogens is 4. The highest BCUT2D eigenvalue weighted by Gasteiger charge is 2.12. The Bertz CT molecular complexity index is 2080. The third-order valence-corrected chi connectivity index (χ3v) is 8.17. The first-order valence-corrected chi connectivity index (χ1v) is 17.0. The highest BCUT2D eigenvalue weighted by atomic mass is 35.5. The van der Waals surface area contributed by atoms with E-state index in [0.717, 1.165) is 76.0 Å². The molecule has 0 bridgehead atoms. The maximum absolute atomic E-state index is 11.2. The van der Waals surface area contributed by atoms with Crippen molar-refractivity contribution in [1.29, 1.82) is 0 Å². The van der Waals surface area contributed by atoms with Crippen LogP contribution >= 0.6 is 0 Å². The van der Waals surface area contributed by atoms with E-state index >= 15 is 0 Å². The molecular weight excluding hydrogens is 704 g/mol. The molecule has 6 aromatic rings. The van der Waals surface area contributed by atoms with Gasteiger partial charge in [0, 0.05) is 40.9 Å². The van der Waals surface area contributed by atoms with Gasteiger partial charge in [0.15, 0.2) is 6.29 Å². The molecule has 0 radical (unpaired) electrons. The zero-order valence-corrected chi connectivity index (χ0v) is 32.2. The number of methoxy groups -OCH3 is 4. The fourth-order valence-electron chi connectivity index (χ4n) is 5.72. The first-order chi connectivity index (χ1) is 26.0.